The molecule has 1 aliphatic heterocycles. The van der Waals surface area contributed by atoms with E-state index in [9.17, 15) is 14.7 Å². The highest BCUT2D eigenvalue weighted by Crippen LogP contribution is 2.31. The summed E-state index contributed by atoms with van der Waals surface area (Å²) in [6.45, 7) is 1.16. The van der Waals surface area contributed by atoms with Crippen LogP contribution in [0.3, 0.4) is 0 Å². The molecule has 108 valence electrons. The number of carbonyl (C=O) groups excluding carboxylic acids is 1. The Labute approximate surface area is 121 Å². The molecule has 5 nitrogen and oxygen atoms in total. The van der Waals surface area contributed by atoms with Crippen molar-refractivity contribution in [3.8, 4) is 0 Å². The van der Waals surface area contributed by atoms with Gasteiger partial charge in [-0.3, -0.25) is 0 Å². The minimum absolute atomic E-state index is 0.106. The first-order valence-corrected chi connectivity index (χ1v) is 7.87. The third kappa shape index (κ3) is 2.65. The van der Waals surface area contributed by atoms with E-state index in [2.05, 4.69) is 0 Å². The first-order valence-electron chi connectivity index (χ1n) is 6.99. The molecule has 0 unspecified atom stereocenters. The monoisotopic (exact) mass is 294 g/mol. The second-order valence-corrected chi connectivity index (χ2v) is 6.44. The molecule has 1 N–H and O–H groups in total. The van der Waals surface area contributed by atoms with Crippen LogP contribution in [0.1, 0.15) is 30.6 Å². The van der Waals surface area contributed by atoms with Gasteiger partial charge in [0, 0.05) is 17.5 Å². The molecule has 0 aromatic carbocycles. The third-order valence-corrected chi connectivity index (χ3v) is 4.78. The number of carbonyl (C=O) groups is 2. The summed E-state index contributed by atoms with van der Waals surface area (Å²) in [5.41, 5.74) is 0. The van der Waals surface area contributed by atoms with E-state index in [4.69, 9.17) is 0 Å². The van der Waals surface area contributed by atoms with Crippen molar-refractivity contribution >= 4 is 23.3 Å². The predicted octanol–water partition coefficient (Wildman–Crippen LogP) is 2.38. The number of hydrogen-bond donors (Lipinski definition) is 1. The van der Waals surface area contributed by atoms with Crippen LogP contribution < -0.4 is 0 Å². The Kier molecular flexibility index (Phi) is 3.65. The van der Waals surface area contributed by atoms with Crippen molar-refractivity contribution in [2.45, 2.75) is 44.3 Å². The highest BCUT2D eigenvalue weighted by molar-refractivity contribution is 7.09. The molecule has 3 rings (SSSR count). The number of nitrogens with zero attached hydrogens (tertiary/aromatic N) is 2. The second kappa shape index (κ2) is 5.44. The van der Waals surface area contributed by atoms with Gasteiger partial charge in [0.1, 0.15) is 6.04 Å². The van der Waals surface area contributed by atoms with E-state index in [1.807, 2.05) is 22.4 Å². The number of carboxylic acid groups (broad SMARTS) is 1. The number of urea groups is 1. The van der Waals surface area contributed by atoms with Crippen molar-refractivity contribution in [3.63, 3.8) is 0 Å². The van der Waals surface area contributed by atoms with E-state index in [-0.39, 0.29) is 6.03 Å². The van der Waals surface area contributed by atoms with Crippen molar-refractivity contribution in [2.24, 2.45) is 0 Å². The fourth-order valence-electron chi connectivity index (χ4n) is 2.73. The van der Waals surface area contributed by atoms with Crippen molar-refractivity contribution in [3.05, 3.63) is 22.4 Å². The molecule has 2 heterocycles. The molecular formula is C14H18N2O3S. The van der Waals surface area contributed by atoms with Gasteiger partial charge in [0.15, 0.2) is 0 Å². The van der Waals surface area contributed by atoms with E-state index < -0.39 is 12.0 Å². The first kappa shape index (κ1) is 13.4. The van der Waals surface area contributed by atoms with Gasteiger partial charge >= 0.3 is 12.0 Å². The lowest BCUT2D eigenvalue weighted by Crippen LogP contribution is -2.48. The number of thiophene rings is 1. The van der Waals surface area contributed by atoms with Gasteiger partial charge in [-0.15, -0.1) is 11.3 Å². The Hall–Kier alpha value is -1.56. The molecule has 20 heavy (non-hydrogen) atoms. The van der Waals surface area contributed by atoms with E-state index in [1.165, 1.54) is 4.90 Å². The Morgan fingerprint density at radius 2 is 2.20 bits per heavy atom. The highest BCUT2D eigenvalue weighted by atomic mass is 32.1. The number of hydrogen-bond acceptors (Lipinski definition) is 3. The summed E-state index contributed by atoms with van der Waals surface area (Å²) >= 11 is 1.63. The van der Waals surface area contributed by atoms with Crippen LogP contribution in [-0.4, -0.2) is 45.5 Å². The summed E-state index contributed by atoms with van der Waals surface area (Å²) in [7, 11) is 0. The van der Waals surface area contributed by atoms with E-state index in [0.717, 1.165) is 24.1 Å². The average Bonchev–Trinajstić information content (AvgIpc) is 2.95. The zero-order valence-corrected chi connectivity index (χ0v) is 12.0. The van der Waals surface area contributed by atoms with E-state index in [0.29, 0.717) is 25.6 Å². The van der Waals surface area contributed by atoms with Crippen LogP contribution in [0.4, 0.5) is 4.79 Å². The summed E-state index contributed by atoms with van der Waals surface area (Å²) in [6.07, 6.45) is 3.41. The molecule has 1 aromatic heterocycles. The zero-order chi connectivity index (χ0) is 14.1. The number of likely N-dealkylation sites (tertiary alicyclic amines) is 1. The maximum Gasteiger partial charge on any atom is 0.326 e. The average molecular weight is 294 g/mol. The Morgan fingerprint density at radius 1 is 1.40 bits per heavy atom. The number of rotatable bonds is 4. The molecule has 1 saturated carbocycles. The van der Waals surface area contributed by atoms with Crippen LogP contribution in [0.2, 0.25) is 0 Å². The first-order chi connectivity index (χ1) is 9.66. The molecule has 1 aromatic rings. The second-order valence-electron chi connectivity index (χ2n) is 5.41. The lowest BCUT2D eigenvalue weighted by molar-refractivity contribution is -0.141. The standard InChI is InChI=1S/C14H18N2O3S/c17-13(18)12-4-1-7-15(12)14(19)16(10-5-6-10)9-11-3-2-8-20-11/h2-3,8,10,12H,1,4-7,9H2,(H,17,18)/t12-/m1/s1. The molecule has 1 aliphatic carbocycles. The van der Waals surface area contributed by atoms with Gasteiger partial charge < -0.3 is 14.9 Å². The van der Waals surface area contributed by atoms with Gasteiger partial charge in [-0.25, -0.2) is 9.59 Å². The largest absolute Gasteiger partial charge is 0.480 e. The molecule has 2 fully saturated rings. The molecule has 1 atom stereocenters. The Bertz CT molecular complexity index is 499. The number of amides is 2. The lowest BCUT2D eigenvalue weighted by Gasteiger charge is -2.30. The van der Waals surface area contributed by atoms with Crippen LogP contribution in [-0.2, 0) is 11.3 Å². The van der Waals surface area contributed by atoms with Crippen LogP contribution >= 0.6 is 11.3 Å². The highest BCUT2D eigenvalue weighted by Gasteiger charge is 2.40. The maximum atomic E-state index is 12.7. The fraction of sp³-hybridized carbons (Fsp3) is 0.571. The zero-order valence-electron chi connectivity index (χ0n) is 11.2. The minimum Gasteiger partial charge on any atom is -0.480 e. The van der Waals surface area contributed by atoms with Crippen molar-refractivity contribution in [2.75, 3.05) is 6.54 Å². The van der Waals surface area contributed by atoms with E-state index >= 15 is 0 Å². The lowest BCUT2D eigenvalue weighted by atomic mass is 10.2. The normalized spacial score (nSPS) is 22.0. The maximum absolute atomic E-state index is 12.7. The van der Waals surface area contributed by atoms with Crippen LogP contribution in [0.5, 0.6) is 0 Å². The van der Waals surface area contributed by atoms with Crippen molar-refractivity contribution < 1.29 is 14.7 Å². The molecule has 1 saturated heterocycles. The van der Waals surface area contributed by atoms with Gasteiger partial charge in [-0.1, -0.05) is 6.07 Å². The molecule has 2 aliphatic rings. The fourth-order valence-corrected chi connectivity index (χ4v) is 3.43. The summed E-state index contributed by atoms with van der Waals surface area (Å²) < 4.78 is 0. The number of carboxylic acids is 1. The summed E-state index contributed by atoms with van der Waals surface area (Å²) in [5, 5.41) is 11.2. The summed E-state index contributed by atoms with van der Waals surface area (Å²) in [5.74, 6) is -0.886. The summed E-state index contributed by atoms with van der Waals surface area (Å²) in [6, 6.07) is 3.54. The van der Waals surface area contributed by atoms with E-state index in [1.54, 1.807) is 11.3 Å². The Morgan fingerprint density at radius 3 is 2.80 bits per heavy atom. The van der Waals surface area contributed by atoms with Gasteiger partial charge in [-0.05, 0) is 37.1 Å². The van der Waals surface area contributed by atoms with Crippen LogP contribution in [0, 0.1) is 0 Å². The van der Waals surface area contributed by atoms with Gasteiger partial charge in [-0.2, -0.15) is 0 Å². The smallest absolute Gasteiger partial charge is 0.326 e. The van der Waals surface area contributed by atoms with Crippen molar-refractivity contribution in [1.29, 1.82) is 0 Å². The summed E-state index contributed by atoms with van der Waals surface area (Å²) in [4.78, 5) is 28.4. The van der Waals surface area contributed by atoms with Gasteiger partial charge in [0.05, 0.1) is 6.54 Å². The molecule has 2 amide bonds. The van der Waals surface area contributed by atoms with Crippen LogP contribution in [0.25, 0.3) is 0 Å². The SMILES string of the molecule is O=C(O)[C@H]1CCCN1C(=O)N(Cc1cccs1)C1CC1. The van der Waals surface area contributed by atoms with Crippen molar-refractivity contribution in [1.82, 2.24) is 9.80 Å². The molecular weight excluding hydrogens is 276 g/mol. The molecule has 0 radical (unpaired) electrons. The molecule has 6 heteroatoms. The molecule has 0 bridgehead atoms. The predicted molar refractivity (Wildman–Crippen MR) is 75.6 cm³/mol. The van der Waals surface area contributed by atoms with Gasteiger partial charge in [0.25, 0.3) is 0 Å². The topological polar surface area (TPSA) is 60.9 Å². The molecule has 0 spiro atoms. The third-order valence-electron chi connectivity index (χ3n) is 3.92. The Balaban J connectivity index is 1.73. The quantitative estimate of drug-likeness (QED) is 0.927. The number of aliphatic carboxylic acids is 1. The van der Waals surface area contributed by atoms with Crippen LogP contribution in [0.15, 0.2) is 17.5 Å². The van der Waals surface area contributed by atoms with Gasteiger partial charge in [0.2, 0.25) is 0 Å². The minimum atomic E-state index is -0.886.